The molecule has 0 spiro atoms. The highest BCUT2D eigenvalue weighted by molar-refractivity contribution is 5.91. The molecule has 86 valence electrons. The summed E-state index contributed by atoms with van der Waals surface area (Å²) in [7, 11) is 0. The fraction of sp³-hybridized carbons (Fsp3) is 0.500. The van der Waals surface area contributed by atoms with Crippen molar-refractivity contribution in [3.05, 3.63) is 26.5 Å². The SMILES string of the molecule is O=C(c1n[nH]c(=O)[nH]c1=O)N1CCOCC1. The molecule has 1 aliphatic heterocycles. The van der Waals surface area contributed by atoms with E-state index in [0.717, 1.165) is 0 Å². The fourth-order valence-corrected chi connectivity index (χ4v) is 1.41. The number of nitrogens with zero attached hydrogens (tertiary/aromatic N) is 2. The van der Waals surface area contributed by atoms with Crippen LogP contribution in [0, 0.1) is 0 Å². The summed E-state index contributed by atoms with van der Waals surface area (Å²) >= 11 is 0. The number of hydrogen-bond acceptors (Lipinski definition) is 5. The van der Waals surface area contributed by atoms with Crippen LogP contribution in [0.1, 0.15) is 10.5 Å². The zero-order valence-corrected chi connectivity index (χ0v) is 8.36. The molecule has 0 bridgehead atoms. The van der Waals surface area contributed by atoms with Crippen molar-refractivity contribution in [1.82, 2.24) is 20.1 Å². The van der Waals surface area contributed by atoms with E-state index in [-0.39, 0.29) is 5.69 Å². The Labute approximate surface area is 89.2 Å². The zero-order chi connectivity index (χ0) is 11.5. The first-order valence-corrected chi connectivity index (χ1v) is 4.74. The summed E-state index contributed by atoms with van der Waals surface area (Å²) in [6, 6.07) is 0. The molecule has 1 aromatic heterocycles. The van der Waals surface area contributed by atoms with Crippen LogP contribution >= 0.6 is 0 Å². The summed E-state index contributed by atoms with van der Waals surface area (Å²) in [5, 5.41) is 5.46. The summed E-state index contributed by atoms with van der Waals surface area (Å²) < 4.78 is 5.08. The van der Waals surface area contributed by atoms with E-state index in [4.69, 9.17) is 4.74 Å². The molecular formula is C8H10N4O4. The molecule has 0 atom stereocenters. The van der Waals surface area contributed by atoms with Gasteiger partial charge < -0.3 is 9.64 Å². The topological polar surface area (TPSA) is 108 Å². The van der Waals surface area contributed by atoms with Gasteiger partial charge in [-0.25, -0.2) is 9.89 Å². The molecule has 8 nitrogen and oxygen atoms in total. The summed E-state index contributed by atoms with van der Waals surface area (Å²) in [5.41, 5.74) is -1.81. The standard InChI is InChI=1S/C8H10N4O4/c13-6-5(10-11-8(15)9-6)7(14)12-1-3-16-4-2-12/h1-4H2,(H2,9,11,13,15). The van der Waals surface area contributed by atoms with E-state index in [2.05, 4.69) is 5.10 Å². The average Bonchev–Trinajstić information content (AvgIpc) is 2.29. The Morgan fingerprint density at radius 2 is 2.00 bits per heavy atom. The molecule has 1 saturated heterocycles. The van der Waals surface area contributed by atoms with Crippen molar-refractivity contribution in [2.75, 3.05) is 26.3 Å². The average molecular weight is 226 g/mol. The largest absolute Gasteiger partial charge is 0.378 e. The van der Waals surface area contributed by atoms with Crippen molar-refractivity contribution in [2.24, 2.45) is 0 Å². The van der Waals surface area contributed by atoms with Gasteiger partial charge in [-0.15, -0.1) is 0 Å². The predicted molar refractivity (Wildman–Crippen MR) is 52.2 cm³/mol. The number of nitrogens with one attached hydrogen (secondary N) is 2. The Bertz CT molecular complexity index is 499. The molecule has 1 amide bonds. The van der Waals surface area contributed by atoms with E-state index >= 15 is 0 Å². The number of amides is 1. The first-order chi connectivity index (χ1) is 7.68. The Morgan fingerprint density at radius 1 is 1.31 bits per heavy atom. The molecule has 1 fully saturated rings. The lowest BCUT2D eigenvalue weighted by Crippen LogP contribution is -2.44. The second kappa shape index (κ2) is 4.27. The quantitative estimate of drug-likeness (QED) is 0.572. The van der Waals surface area contributed by atoms with Crippen LogP contribution in [0.25, 0.3) is 0 Å². The van der Waals surface area contributed by atoms with Gasteiger partial charge in [-0.2, -0.15) is 5.10 Å². The smallest absolute Gasteiger partial charge is 0.342 e. The minimum absolute atomic E-state index is 0.304. The van der Waals surface area contributed by atoms with Gasteiger partial charge in [-0.05, 0) is 0 Å². The number of H-pyrrole nitrogens is 2. The van der Waals surface area contributed by atoms with Crippen molar-refractivity contribution < 1.29 is 9.53 Å². The van der Waals surface area contributed by atoms with Gasteiger partial charge in [0.2, 0.25) is 5.69 Å². The molecule has 0 saturated carbocycles. The fourth-order valence-electron chi connectivity index (χ4n) is 1.41. The number of aromatic nitrogens is 3. The normalized spacial score (nSPS) is 16.1. The first-order valence-electron chi connectivity index (χ1n) is 4.74. The molecule has 1 aromatic rings. The predicted octanol–water partition coefficient (Wildman–Crippen LogP) is -2.07. The highest BCUT2D eigenvalue weighted by Crippen LogP contribution is 2.00. The van der Waals surface area contributed by atoms with Crippen molar-refractivity contribution in [1.29, 1.82) is 0 Å². The number of carbonyl (C=O) groups is 1. The Morgan fingerprint density at radius 3 is 2.62 bits per heavy atom. The van der Waals surface area contributed by atoms with Crippen molar-refractivity contribution in [3.8, 4) is 0 Å². The summed E-state index contributed by atoms with van der Waals surface area (Å²) in [4.78, 5) is 37.2. The molecule has 16 heavy (non-hydrogen) atoms. The van der Waals surface area contributed by atoms with Gasteiger partial charge in [-0.1, -0.05) is 0 Å². The lowest BCUT2D eigenvalue weighted by molar-refractivity contribution is 0.0296. The Balaban J connectivity index is 2.26. The van der Waals surface area contributed by atoms with Gasteiger partial charge in [0, 0.05) is 13.1 Å². The van der Waals surface area contributed by atoms with Crippen molar-refractivity contribution in [2.45, 2.75) is 0 Å². The van der Waals surface area contributed by atoms with E-state index in [9.17, 15) is 14.4 Å². The van der Waals surface area contributed by atoms with Gasteiger partial charge in [-0.3, -0.25) is 14.6 Å². The van der Waals surface area contributed by atoms with Crippen LogP contribution in [-0.4, -0.2) is 52.3 Å². The number of morpholine rings is 1. The molecule has 0 aliphatic carbocycles. The summed E-state index contributed by atoms with van der Waals surface area (Å²) in [6.07, 6.45) is 0. The van der Waals surface area contributed by atoms with E-state index < -0.39 is 17.2 Å². The molecule has 0 unspecified atom stereocenters. The summed E-state index contributed by atoms with van der Waals surface area (Å²) in [6.45, 7) is 1.71. The number of ether oxygens (including phenoxy) is 1. The van der Waals surface area contributed by atoms with Crippen LogP contribution in [0.5, 0.6) is 0 Å². The molecule has 2 rings (SSSR count). The van der Waals surface area contributed by atoms with E-state index in [1.54, 1.807) is 0 Å². The second-order valence-electron chi connectivity index (χ2n) is 3.26. The monoisotopic (exact) mass is 226 g/mol. The van der Waals surface area contributed by atoms with Crippen LogP contribution in [0.3, 0.4) is 0 Å². The second-order valence-corrected chi connectivity index (χ2v) is 3.26. The maximum atomic E-state index is 11.8. The molecule has 1 aliphatic rings. The lowest BCUT2D eigenvalue weighted by atomic mass is 10.3. The van der Waals surface area contributed by atoms with Crippen LogP contribution in [-0.2, 0) is 4.74 Å². The van der Waals surface area contributed by atoms with Gasteiger partial charge in [0.15, 0.2) is 0 Å². The van der Waals surface area contributed by atoms with Crippen LogP contribution in [0.2, 0.25) is 0 Å². The number of aromatic amines is 2. The summed E-state index contributed by atoms with van der Waals surface area (Å²) in [5.74, 6) is -0.499. The third-order valence-corrected chi connectivity index (χ3v) is 2.21. The highest BCUT2D eigenvalue weighted by atomic mass is 16.5. The Hall–Kier alpha value is -1.96. The zero-order valence-electron chi connectivity index (χ0n) is 8.36. The van der Waals surface area contributed by atoms with E-state index in [0.29, 0.717) is 26.3 Å². The van der Waals surface area contributed by atoms with Crippen LogP contribution < -0.4 is 11.2 Å². The minimum Gasteiger partial charge on any atom is -0.378 e. The van der Waals surface area contributed by atoms with Crippen molar-refractivity contribution >= 4 is 5.91 Å². The molecule has 2 heterocycles. The van der Waals surface area contributed by atoms with Gasteiger partial charge >= 0.3 is 5.69 Å². The van der Waals surface area contributed by atoms with Gasteiger partial charge in [0.05, 0.1) is 13.2 Å². The van der Waals surface area contributed by atoms with E-state index in [1.807, 2.05) is 10.1 Å². The number of carbonyl (C=O) groups excluding carboxylic acids is 1. The minimum atomic E-state index is -0.778. The first kappa shape index (κ1) is 10.6. The Kier molecular flexibility index (Phi) is 2.82. The lowest BCUT2D eigenvalue weighted by Gasteiger charge is -2.25. The molecule has 2 N–H and O–H groups in total. The van der Waals surface area contributed by atoms with Crippen molar-refractivity contribution in [3.63, 3.8) is 0 Å². The van der Waals surface area contributed by atoms with Crippen LogP contribution in [0.15, 0.2) is 9.59 Å². The van der Waals surface area contributed by atoms with Crippen LogP contribution in [0.4, 0.5) is 0 Å². The van der Waals surface area contributed by atoms with Gasteiger partial charge in [0.25, 0.3) is 11.5 Å². The molecular weight excluding hydrogens is 216 g/mol. The third-order valence-electron chi connectivity index (χ3n) is 2.21. The maximum absolute atomic E-state index is 11.8. The highest BCUT2D eigenvalue weighted by Gasteiger charge is 2.22. The molecule has 0 aromatic carbocycles. The van der Waals surface area contributed by atoms with E-state index in [1.165, 1.54) is 4.90 Å². The van der Waals surface area contributed by atoms with Gasteiger partial charge in [0.1, 0.15) is 0 Å². The number of hydrogen-bond donors (Lipinski definition) is 2. The number of rotatable bonds is 1. The maximum Gasteiger partial charge on any atom is 0.342 e. The molecule has 8 heteroatoms. The third kappa shape index (κ3) is 2.01. The molecule has 0 radical (unpaired) electrons.